The fourth-order valence-corrected chi connectivity index (χ4v) is 1.45. The largest absolute Gasteiger partial charge is 0.326 e. The molecule has 94 valence electrons. The van der Waals surface area contributed by atoms with Crippen molar-refractivity contribution in [2.24, 2.45) is 0 Å². The van der Waals surface area contributed by atoms with Gasteiger partial charge in [0.2, 0.25) is 11.7 Å². The molecule has 0 spiro atoms. The number of hydrogen-bond donors (Lipinski definition) is 3. The number of aromatic amines is 1. The highest BCUT2D eigenvalue weighted by Gasteiger charge is 2.04. The zero-order chi connectivity index (χ0) is 12.8. The van der Waals surface area contributed by atoms with E-state index in [0.717, 1.165) is 11.3 Å². The highest BCUT2D eigenvalue weighted by atomic mass is 16.1. The van der Waals surface area contributed by atoms with Crippen LogP contribution in [0.4, 0.5) is 5.69 Å². The van der Waals surface area contributed by atoms with E-state index in [2.05, 4.69) is 31.3 Å². The van der Waals surface area contributed by atoms with Gasteiger partial charge in [-0.3, -0.25) is 4.79 Å². The number of anilines is 1. The van der Waals surface area contributed by atoms with Crippen molar-refractivity contribution < 1.29 is 4.79 Å². The van der Waals surface area contributed by atoms with Gasteiger partial charge in [0.25, 0.3) is 0 Å². The predicted molar refractivity (Wildman–Crippen MR) is 66.8 cm³/mol. The van der Waals surface area contributed by atoms with Crippen molar-refractivity contribution in [1.82, 2.24) is 25.9 Å². The number of hydrogen-bond acceptors (Lipinski definition) is 5. The van der Waals surface area contributed by atoms with Gasteiger partial charge in [0, 0.05) is 24.2 Å². The van der Waals surface area contributed by atoms with Crippen molar-refractivity contribution >= 4 is 11.6 Å². The number of carbonyl (C=O) groups excluding carboxylic acids is 1. The number of H-pyrrole nitrogens is 1. The summed E-state index contributed by atoms with van der Waals surface area (Å²) in [6, 6.07) is 7.28. The van der Waals surface area contributed by atoms with Gasteiger partial charge in [-0.1, -0.05) is 0 Å². The first-order valence-corrected chi connectivity index (χ1v) is 5.58. The minimum atomic E-state index is -0.0170. The van der Waals surface area contributed by atoms with Crippen LogP contribution in [-0.2, 0) is 4.79 Å². The number of aromatic nitrogens is 4. The minimum Gasteiger partial charge on any atom is -0.326 e. The summed E-state index contributed by atoms with van der Waals surface area (Å²) < 4.78 is 0. The van der Waals surface area contributed by atoms with Crippen molar-refractivity contribution in [3.8, 4) is 11.4 Å². The average molecular weight is 246 g/mol. The molecule has 18 heavy (non-hydrogen) atoms. The molecule has 0 saturated heterocycles. The molecule has 0 unspecified atom stereocenters. The first-order chi connectivity index (χ1) is 8.79. The summed E-state index contributed by atoms with van der Waals surface area (Å²) in [5.41, 5.74) is 1.60. The van der Waals surface area contributed by atoms with E-state index in [-0.39, 0.29) is 5.91 Å². The quantitative estimate of drug-likeness (QED) is 0.710. The van der Waals surface area contributed by atoms with Gasteiger partial charge in [0.15, 0.2) is 0 Å². The second-order valence-corrected chi connectivity index (χ2v) is 3.71. The highest BCUT2D eigenvalue weighted by Crippen LogP contribution is 2.16. The average Bonchev–Trinajstić information content (AvgIpc) is 2.91. The summed E-state index contributed by atoms with van der Waals surface area (Å²) in [6.45, 7) is 0.660. The highest BCUT2D eigenvalue weighted by molar-refractivity contribution is 5.91. The van der Waals surface area contributed by atoms with Crippen LogP contribution in [0.1, 0.15) is 6.42 Å². The van der Waals surface area contributed by atoms with Crippen LogP contribution in [0, 0.1) is 0 Å². The van der Waals surface area contributed by atoms with Gasteiger partial charge >= 0.3 is 0 Å². The molecule has 1 amide bonds. The van der Waals surface area contributed by atoms with E-state index in [0.29, 0.717) is 18.8 Å². The van der Waals surface area contributed by atoms with E-state index < -0.39 is 0 Å². The van der Waals surface area contributed by atoms with Gasteiger partial charge in [-0.05, 0) is 36.5 Å². The molecule has 0 aliphatic carbocycles. The van der Waals surface area contributed by atoms with E-state index in [1.165, 1.54) is 0 Å². The van der Waals surface area contributed by atoms with Crippen LogP contribution < -0.4 is 10.6 Å². The molecule has 0 radical (unpaired) electrons. The Hall–Kier alpha value is -2.28. The molecule has 1 aromatic carbocycles. The SMILES string of the molecule is CNCCC(=O)Nc1ccc(-c2nn[nH]n2)cc1. The molecule has 3 N–H and O–H groups in total. The Kier molecular flexibility index (Phi) is 3.98. The number of nitrogens with zero attached hydrogens (tertiary/aromatic N) is 3. The molecule has 2 aromatic rings. The maximum atomic E-state index is 11.5. The fraction of sp³-hybridized carbons (Fsp3) is 0.273. The van der Waals surface area contributed by atoms with Crippen molar-refractivity contribution in [2.45, 2.75) is 6.42 Å². The zero-order valence-electron chi connectivity index (χ0n) is 9.97. The Labute approximate surface area is 104 Å². The lowest BCUT2D eigenvalue weighted by molar-refractivity contribution is -0.116. The number of benzene rings is 1. The van der Waals surface area contributed by atoms with Gasteiger partial charge in [-0.15, -0.1) is 10.2 Å². The fourth-order valence-electron chi connectivity index (χ4n) is 1.45. The zero-order valence-corrected chi connectivity index (χ0v) is 9.97. The monoisotopic (exact) mass is 246 g/mol. The van der Waals surface area contributed by atoms with E-state index in [1.807, 2.05) is 31.3 Å². The lowest BCUT2D eigenvalue weighted by Gasteiger charge is -2.05. The maximum absolute atomic E-state index is 11.5. The Balaban J connectivity index is 1.98. The molecule has 2 rings (SSSR count). The lowest BCUT2D eigenvalue weighted by atomic mass is 10.2. The van der Waals surface area contributed by atoms with E-state index in [9.17, 15) is 4.79 Å². The van der Waals surface area contributed by atoms with Crippen molar-refractivity contribution in [1.29, 1.82) is 0 Å². The molecular formula is C11H14N6O. The topological polar surface area (TPSA) is 95.6 Å². The molecule has 0 saturated carbocycles. The Bertz CT molecular complexity index is 493. The minimum absolute atomic E-state index is 0.0170. The molecule has 0 aliphatic heterocycles. The number of amides is 1. The van der Waals surface area contributed by atoms with Gasteiger partial charge in [0.1, 0.15) is 0 Å². The Morgan fingerprint density at radius 1 is 1.33 bits per heavy atom. The molecule has 0 bridgehead atoms. The predicted octanol–water partition coefficient (Wildman–Crippen LogP) is 0.415. The van der Waals surface area contributed by atoms with Crippen molar-refractivity contribution in [3.63, 3.8) is 0 Å². The summed E-state index contributed by atoms with van der Waals surface area (Å²) in [7, 11) is 1.81. The van der Waals surface area contributed by atoms with Gasteiger partial charge in [0.05, 0.1) is 0 Å². The molecule has 1 aromatic heterocycles. The van der Waals surface area contributed by atoms with Crippen LogP contribution in [0.3, 0.4) is 0 Å². The summed E-state index contributed by atoms with van der Waals surface area (Å²) >= 11 is 0. The molecule has 1 heterocycles. The Morgan fingerprint density at radius 3 is 2.72 bits per heavy atom. The molecule has 7 heteroatoms. The normalized spacial score (nSPS) is 10.3. The molecule has 7 nitrogen and oxygen atoms in total. The Morgan fingerprint density at radius 2 is 2.11 bits per heavy atom. The van der Waals surface area contributed by atoms with Crippen LogP contribution in [0.2, 0.25) is 0 Å². The van der Waals surface area contributed by atoms with Gasteiger partial charge in [-0.25, -0.2) is 0 Å². The van der Waals surface area contributed by atoms with Gasteiger partial charge in [-0.2, -0.15) is 5.21 Å². The van der Waals surface area contributed by atoms with Crippen molar-refractivity contribution in [3.05, 3.63) is 24.3 Å². The van der Waals surface area contributed by atoms with E-state index >= 15 is 0 Å². The van der Waals surface area contributed by atoms with Gasteiger partial charge < -0.3 is 10.6 Å². The number of rotatable bonds is 5. The third-order valence-corrected chi connectivity index (χ3v) is 2.37. The third-order valence-electron chi connectivity index (χ3n) is 2.37. The lowest BCUT2D eigenvalue weighted by Crippen LogP contribution is -2.18. The number of carbonyl (C=O) groups is 1. The summed E-state index contributed by atoms with van der Waals surface area (Å²) in [4.78, 5) is 11.5. The first kappa shape index (κ1) is 12.2. The van der Waals surface area contributed by atoms with Crippen LogP contribution in [-0.4, -0.2) is 40.1 Å². The van der Waals surface area contributed by atoms with Crippen LogP contribution in [0.25, 0.3) is 11.4 Å². The van der Waals surface area contributed by atoms with Crippen LogP contribution in [0.5, 0.6) is 0 Å². The molecule has 0 fully saturated rings. The van der Waals surface area contributed by atoms with Crippen molar-refractivity contribution in [2.75, 3.05) is 18.9 Å². The third kappa shape index (κ3) is 3.11. The summed E-state index contributed by atoms with van der Waals surface area (Å²) in [5, 5.41) is 19.4. The second kappa shape index (κ2) is 5.87. The maximum Gasteiger partial charge on any atom is 0.225 e. The first-order valence-electron chi connectivity index (χ1n) is 5.58. The number of tetrazole rings is 1. The number of nitrogens with one attached hydrogen (secondary N) is 3. The van der Waals surface area contributed by atoms with E-state index in [1.54, 1.807) is 0 Å². The molecule has 0 atom stereocenters. The van der Waals surface area contributed by atoms with Crippen LogP contribution >= 0.6 is 0 Å². The molecule has 0 aliphatic rings. The van der Waals surface area contributed by atoms with E-state index in [4.69, 9.17) is 0 Å². The smallest absolute Gasteiger partial charge is 0.225 e. The second-order valence-electron chi connectivity index (χ2n) is 3.71. The summed E-state index contributed by atoms with van der Waals surface area (Å²) in [5.74, 6) is 0.514. The molecular weight excluding hydrogens is 232 g/mol. The van der Waals surface area contributed by atoms with Crippen LogP contribution in [0.15, 0.2) is 24.3 Å². The summed E-state index contributed by atoms with van der Waals surface area (Å²) in [6.07, 6.45) is 0.448. The standard InChI is InChI=1S/C11H14N6O/c1-12-7-6-10(18)13-9-4-2-8(3-5-9)11-14-16-17-15-11/h2-5,12H,6-7H2,1H3,(H,13,18)(H,14,15,16,17).